The number of rotatable bonds is 0. The lowest BCUT2D eigenvalue weighted by Gasteiger charge is -2.26. The van der Waals surface area contributed by atoms with Gasteiger partial charge in [-0.2, -0.15) is 0 Å². The Hall–Kier alpha value is 0.420. The average Bonchev–Trinajstić information content (AvgIpc) is 2.96. The van der Waals surface area contributed by atoms with Crippen molar-refractivity contribution in [1.29, 1.82) is 0 Å². The van der Waals surface area contributed by atoms with Gasteiger partial charge in [0.15, 0.2) is 0 Å². The van der Waals surface area contributed by atoms with Gasteiger partial charge >= 0.3 is 0 Å². The zero-order chi connectivity index (χ0) is 20.1. The van der Waals surface area contributed by atoms with Crippen molar-refractivity contribution in [3.05, 3.63) is 60.6 Å². The quantitative estimate of drug-likeness (QED) is 0.165. The molecule has 1 amide bonds. The van der Waals surface area contributed by atoms with Gasteiger partial charge in [0, 0.05) is 47.6 Å². The molecule has 2 heterocycles. The molecule has 0 radical (unpaired) electrons. The minimum atomic E-state index is -0.129. The van der Waals surface area contributed by atoms with Crippen LogP contribution in [0.4, 0.5) is 11.4 Å². The van der Waals surface area contributed by atoms with E-state index < -0.39 is 0 Å². The van der Waals surface area contributed by atoms with E-state index in [0.29, 0.717) is 15.9 Å². The van der Waals surface area contributed by atoms with Crippen LogP contribution in [0.5, 0.6) is 0 Å². The average molecular weight is 823 g/mol. The molecule has 2 aliphatic rings. The number of hydrogen-bond donors (Lipinski definition) is 0. The molecule has 28 heavy (non-hydrogen) atoms. The summed E-state index contributed by atoms with van der Waals surface area (Å²) in [4.78, 5) is 20.1. The van der Waals surface area contributed by atoms with Crippen molar-refractivity contribution in [1.82, 2.24) is 0 Å². The molecule has 10 heteroatoms. The molecule has 0 aromatic heterocycles. The first-order valence-electron chi connectivity index (χ1n) is 7.63. The Morgan fingerprint density at radius 2 is 1.39 bits per heavy atom. The summed E-state index contributed by atoms with van der Waals surface area (Å²) in [6.45, 7) is 0. The highest BCUT2D eigenvalue weighted by atomic mass is 79.9. The van der Waals surface area contributed by atoms with Crippen LogP contribution < -0.4 is 4.90 Å². The molecule has 0 aliphatic carbocycles. The Morgan fingerprint density at radius 1 is 0.750 bits per heavy atom. The number of nitrogens with zero attached hydrogens (tertiary/aromatic N) is 2. The van der Waals surface area contributed by atoms with Gasteiger partial charge in [0.05, 0.1) is 16.9 Å². The van der Waals surface area contributed by atoms with Gasteiger partial charge in [0.25, 0.3) is 5.91 Å². The number of carbonyl (C=O) groups is 1. The Bertz CT molecular complexity index is 1320. The van der Waals surface area contributed by atoms with Crippen molar-refractivity contribution in [2.75, 3.05) is 4.90 Å². The number of halogens is 7. The number of amidine groups is 1. The van der Waals surface area contributed by atoms with E-state index in [2.05, 4.69) is 112 Å². The summed E-state index contributed by atoms with van der Waals surface area (Å²) in [5, 5.41) is 1.90. The number of benzene rings is 3. The molecule has 3 aromatic rings. The summed E-state index contributed by atoms with van der Waals surface area (Å²) in [7, 11) is 0. The maximum absolute atomic E-state index is 13.5. The van der Waals surface area contributed by atoms with Gasteiger partial charge in [-0.25, -0.2) is 4.99 Å². The lowest BCUT2D eigenvalue weighted by Crippen LogP contribution is -2.32. The van der Waals surface area contributed by atoms with E-state index in [1.54, 1.807) is 4.90 Å². The second kappa shape index (κ2) is 6.97. The summed E-state index contributed by atoms with van der Waals surface area (Å²) < 4.78 is 5.72. The first kappa shape index (κ1) is 20.3. The van der Waals surface area contributed by atoms with Gasteiger partial charge in [-0.15, -0.1) is 0 Å². The summed E-state index contributed by atoms with van der Waals surface area (Å²) in [5.74, 6) is 0.464. The number of amides is 1. The van der Waals surface area contributed by atoms with Crippen LogP contribution in [-0.2, 0) is 0 Å². The van der Waals surface area contributed by atoms with Crippen molar-refractivity contribution in [3.63, 3.8) is 0 Å². The number of anilines is 1. The second-order valence-electron chi connectivity index (χ2n) is 6.09. The van der Waals surface area contributed by atoms with E-state index in [4.69, 9.17) is 4.99 Å². The van der Waals surface area contributed by atoms with Crippen LogP contribution in [0.3, 0.4) is 0 Å². The molecule has 0 bridgehead atoms. The molecule has 3 aromatic carbocycles. The number of carbonyl (C=O) groups excluding carboxylic acids is 1. The molecule has 5 rings (SSSR count). The topological polar surface area (TPSA) is 32.7 Å². The van der Waals surface area contributed by atoms with Crippen molar-refractivity contribution in [2.45, 2.75) is 0 Å². The third-order valence-corrected chi connectivity index (χ3v) is 12.1. The largest absolute Gasteiger partial charge is 0.268 e. The van der Waals surface area contributed by atoms with Gasteiger partial charge < -0.3 is 0 Å². The smallest absolute Gasteiger partial charge is 0.266 e. The van der Waals surface area contributed by atoms with Crippen molar-refractivity contribution >= 4 is 145 Å². The van der Waals surface area contributed by atoms with Crippen molar-refractivity contribution in [2.24, 2.45) is 4.99 Å². The third-order valence-electron chi connectivity index (χ3n) is 4.67. The molecule has 0 saturated carbocycles. The SMILES string of the molecule is O=C1c2c(Br)c(Br)c(Br)c(Br)c2C2=Nc3c(Br)ccc4c(Br)c(Br)cc(c34)N12. The first-order chi connectivity index (χ1) is 13.2. The van der Waals surface area contributed by atoms with Crippen LogP contribution in [0.15, 0.2) is 54.5 Å². The summed E-state index contributed by atoms with van der Waals surface area (Å²) in [6.07, 6.45) is 0. The highest BCUT2D eigenvalue weighted by Gasteiger charge is 2.43. The van der Waals surface area contributed by atoms with E-state index >= 15 is 0 Å². The maximum atomic E-state index is 13.5. The van der Waals surface area contributed by atoms with Gasteiger partial charge in [-0.05, 0) is 124 Å². The molecule has 0 spiro atoms. The zero-order valence-electron chi connectivity index (χ0n) is 13.2. The zero-order valence-corrected chi connectivity index (χ0v) is 24.3. The molecule has 0 N–H and O–H groups in total. The summed E-state index contributed by atoms with van der Waals surface area (Å²) >= 11 is 25.2. The minimum Gasteiger partial charge on any atom is -0.268 e. The van der Waals surface area contributed by atoms with Crippen LogP contribution >= 0.6 is 112 Å². The molecule has 0 atom stereocenters. The highest BCUT2D eigenvalue weighted by molar-refractivity contribution is 9.15. The van der Waals surface area contributed by atoms with Gasteiger partial charge in [0.2, 0.25) is 0 Å². The van der Waals surface area contributed by atoms with E-state index in [1.165, 1.54) is 0 Å². The lowest BCUT2D eigenvalue weighted by atomic mass is 10.0. The van der Waals surface area contributed by atoms with Crippen LogP contribution in [0, 0.1) is 0 Å². The van der Waals surface area contributed by atoms with E-state index in [1.807, 2.05) is 18.2 Å². The van der Waals surface area contributed by atoms with Crippen molar-refractivity contribution in [3.8, 4) is 0 Å². The normalized spacial score (nSPS) is 14.5. The Labute approximate surface area is 218 Å². The molecule has 140 valence electrons. The summed E-state index contributed by atoms with van der Waals surface area (Å²) in [6, 6.07) is 5.93. The fourth-order valence-electron chi connectivity index (χ4n) is 3.48. The van der Waals surface area contributed by atoms with E-state index in [-0.39, 0.29) is 5.91 Å². The maximum Gasteiger partial charge on any atom is 0.266 e. The standard InChI is InChI=1S/C18H3Br7N2O/c19-5-2-1-4-8-7(3-6(20)11(4)21)27-17(26-16(5)8)9-10(18(27)28)13(23)15(25)14(24)12(9)22/h1-3H. The number of fused-ring (bicyclic) bond motifs is 4. The molecule has 0 saturated heterocycles. The fourth-order valence-corrected chi connectivity index (χ4v) is 7.23. The van der Waals surface area contributed by atoms with Crippen LogP contribution in [-0.4, -0.2) is 11.7 Å². The Morgan fingerprint density at radius 3 is 2.07 bits per heavy atom. The predicted molar refractivity (Wildman–Crippen MR) is 137 cm³/mol. The Kier molecular flexibility index (Phi) is 5.06. The Balaban J connectivity index is 1.97. The fraction of sp³-hybridized carbons (Fsp3) is 0. The summed E-state index contributed by atoms with van der Waals surface area (Å²) in [5.41, 5.74) is 2.91. The number of hydrogen-bond acceptors (Lipinski definition) is 2. The molecule has 2 aliphatic heterocycles. The van der Waals surface area contributed by atoms with Gasteiger partial charge in [0.1, 0.15) is 5.84 Å². The highest BCUT2D eigenvalue weighted by Crippen LogP contribution is 2.53. The molecular formula is C18H3Br7N2O. The molecule has 3 nitrogen and oxygen atoms in total. The van der Waals surface area contributed by atoms with Crippen LogP contribution in [0.1, 0.15) is 15.9 Å². The van der Waals surface area contributed by atoms with Crippen molar-refractivity contribution < 1.29 is 4.79 Å². The third kappa shape index (κ3) is 2.58. The van der Waals surface area contributed by atoms with E-state index in [9.17, 15) is 4.79 Å². The second-order valence-corrected chi connectivity index (χ2v) is 11.8. The molecular weight excluding hydrogens is 820 g/mol. The lowest BCUT2D eigenvalue weighted by molar-refractivity contribution is 0.101. The molecule has 0 fully saturated rings. The number of aliphatic imine (C=N–C) groups is 1. The van der Waals surface area contributed by atoms with Gasteiger partial charge in [-0.3, -0.25) is 9.69 Å². The minimum absolute atomic E-state index is 0.129. The first-order valence-corrected chi connectivity index (χ1v) is 13.2. The monoisotopic (exact) mass is 815 g/mol. The van der Waals surface area contributed by atoms with E-state index in [0.717, 1.165) is 54.5 Å². The predicted octanol–water partition coefficient (Wildman–Crippen LogP) is 9.23. The van der Waals surface area contributed by atoms with Gasteiger partial charge in [-0.1, -0.05) is 6.07 Å². The van der Waals surface area contributed by atoms with Crippen LogP contribution in [0.25, 0.3) is 10.8 Å². The van der Waals surface area contributed by atoms with Crippen LogP contribution in [0.2, 0.25) is 0 Å². The molecule has 0 unspecified atom stereocenters.